The van der Waals surface area contributed by atoms with E-state index in [1.807, 2.05) is 29.6 Å². The Hall–Kier alpha value is -2.58. The number of hydrogen-bond acceptors (Lipinski definition) is 7. The van der Waals surface area contributed by atoms with Crippen LogP contribution in [0, 0.1) is 23.3 Å². The predicted octanol–water partition coefficient (Wildman–Crippen LogP) is 6.23. The highest BCUT2D eigenvalue weighted by Gasteiger charge is 2.34. The zero-order valence-electron chi connectivity index (χ0n) is 15.3. The van der Waals surface area contributed by atoms with Gasteiger partial charge in [-0.2, -0.15) is 17.2 Å². The Morgan fingerprint density at radius 3 is 1.94 bits per heavy atom. The van der Waals surface area contributed by atoms with Gasteiger partial charge < -0.3 is 4.74 Å². The lowest BCUT2D eigenvalue weighted by Gasteiger charge is -2.10. The smallest absolute Gasteiger partial charge is 0.353 e. The van der Waals surface area contributed by atoms with Crippen LogP contribution in [0.5, 0.6) is 5.75 Å². The minimum atomic E-state index is -5.61. The maximum Gasteiger partial charge on any atom is 0.353 e. The van der Waals surface area contributed by atoms with Gasteiger partial charge >= 0.3 is 16.1 Å². The molecule has 4 aromatic rings. The van der Waals surface area contributed by atoms with E-state index < -0.39 is 50.0 Å². The van der Waals surface area contributed by atoms with Gasteiger partial charge in [0.1, 0.15) is 4.88 Å². The number of hydrogen-bond donors (Lipinski definition) is 1. The molecule has 0 aliphatic rings. The summed E-state index contributed by atoms with van der Waals surface area (Å²) >= 11 is 3.93. The van der Waals surface area contributed by atoms with Crippen molar-refractivity contribution in [1.29, 1.82) is 0 Å². The van der Waals surface area contributed by atoms with E-state index in [-0.39, 0.29) is 4.88 Å². The fourth-order valence-electron chi connectivity index (χ4n) is 2.65. The highest BCUT2D eigenvalue weighted by molar-refractivity contribution is 7.85. The van der Waals surface area contributed by atoms with Crippen molar-refractivity contribution in [3.8, 4) is 25.3 Å². The first kappa shape index (κ1) is 22.6. The molecule has 13 heteroatoms. The predicted molar refractivity (Wildman–Crippen MR) is 112 cm³/mol. The molecule has 0 atom stereocenters. The van der Waals surface area contributed by atoms with Gasteiger partial charge in [-0.15, -0.1) is 34.0 Å². The third kappa shape index (κ3) is 4.09. The van der Waals surface area contributed by atoms with Gasteiger partial charge in [0, 0.05) is 19.5 Å². The Balaban J connectivity index is 1.62. The summed E-state index contributed by atoms with van der Waals surface area (Å²) in [5.41, 5.74) is 0. The van der Waals surface area contributed by atoms with Crippen molar-refractivity contribution >= 4 is 50.1 Å². The van der Waals surface area contributed by atoms with E-state index in [2.05, 4.69) is 4.74 Å². The lowest BCUT2D eigenvalue weighted by molar-refractivity contribution is 0.0721. The Labute approximate surface area is 189 Å². The van der Waals surface area contributed by atoms with Gasteiger partial charge in [-0.05, 0) is 35.7 Å². The van der Waals surface area contributed by atoms with Crippen LogP contribution in [0.4, 0.5) is 17.6 Å². The number of carbonyl (C=O) groups is 1. The van der Waals surface area contributed by atoms with Crippen LogP contribution in [-0.4, -0.2) is 18.9 Å². The Morgan fingerprint density at radius 2 is 1.38 bits per heavy atom. The highest BCUT2D eigenvalue weighted by atomic mass is 32.2. The summed E-state index contributed by atoms with van der Waals surface area (Å²) in [7, 11) is -5.61. The summed E-state index contributed by atoms with van der Waals surface area (Å²) in [5, 5.41) is 1.93. The number of benzene rings is 1. The molecule has 166 valence electrons. The molecule has 1 aromatic carbocycles. The van der Waals surface area contributed by atoms with Crippen LogP contribution in [-0.2, 0) is 10.1 Å². The molecule has 1 N–H and O–H groups in total. The molecule has 4 rings (SSSR count). The second kappa shape index (κ2) is 8.41. The first-order valence-electron chi connectivity index (χ1n) is 8.37. The van der Waals surface area contributed by atoms with E-state index in [9.17, 15) is 30.8 Å². The molecule has 3 heterocycles. The van der Waals surface area contributed by atoms with E-state index in [0.29, 0.717) is 4.88 Å². The molecule has 0 bridgehead atoms. The van der Waals surface area contributed by atoms with E-state index >= 15 is 0 Å². The van der Waals surface area contributed by atoms with Gasteiger partial charge in [-0.1, -0.05) is 6.07 Å². The molecule has 0 fully saturated rings. The molecular formula is C19H8F4O5S4. The van der Waals surface area contributed by atoms with Crippen LogP contribution < -0.4 is 4.74 Å². The number of carbonyl (C=O) groups excluding carboxylic acids is 1. The molecule has 32 heavy (non-hydrogen) atoms. The topological polar surface area (TPSA) is 80.7 Å². The summed E-state index contributed by atoms with van der Waals surface area (Å²) in [4.78, 5) is 13.5. The van der Waals surface area contributed by atoms with Crippen molar-refractivity contribution < 1.29 is 40.1 Å². The largest absolute Gasteiger partial charge is 0.416 e. The van der Waals surface area contributed by atoms with Crippen molar-refractivity contribution in [2.75, 3.05) is 0 Å². The first-order chi connectivity index (χ1) is 15.1. The zero-order chi connectivity index (χ0) is 23.2. The average molecular weight is 521 g/mol. The first-order valence-corrected chi connectivity index (χ1v) is 12.3. The molecule has 0 amide bonds. The van der Waals surface area contributed by atoms with Crippen LogP contribution in [0.15, 0.2) is 46.7 Å². The Bertz CT molecular complexity index is 1410. The SMILES string of the molecule is O=C(Oc1c(F)c(F)c(S(=O)(=O)O)c(F)c1F)c1ccc(-c2ccc(-c3cccs3)s2)s1. The molecule has 0 radical (unpaired) electrons. The van der Waals surface area contributed by atoms with Crippen LogP contribution in [0.2, 0.25) is 0 Å². The van der Waals surface area contributed by atoms with Crippen LogP contribution >= 0.6 is 34.0 Å². The van der Waals surface area contributed by atoms with E-state index in [1.54, 1.807) is 17.4 Å². The summed E-state index contributed by atoms with van der Waals surface area (Å²) in [6, 6.07) is 10.5. The van der Waals surface area contributed by atoms with Gasteiger partial charge in [-0.25, -0.2) is 13.6 Å². The number of esters is 1. The summed E-state index contributed by atoms with van der Waals surface area (Å²) in [6.07, 6.45) is 0. The fraction of sp³-hybridized carbons (Fsp3) is 0. The number of halogens is 4. The van der Waals surface area contributed by atoms with E-state index in [1.165, 1.54) is 17.4 Å². The standard InChI is InChI=1S/C19H8F4O5S4/c20-13-15(22)18(32(25,26)27)16(23)14(21)17(13)28-19(24)12-6-5-11(31-12)10-4-3-9(30-10)8-2-1-7-29-8/h1-7H,(H,25,26,27). The second-order valence-corrected chi connectivity index (χ2v) is 10.6. The molecule has 0 aliphatic heterocycles. The molecule has 5 nitrogen and oxygen atoms in total. The lowest BCUT2D eigenvalue weighted by atomic mass is 10.3. The normalized spacial score (nSPS) is 11.7. The second-order valence-electron chi connectivity index (χ2n) is 6.08. The minimum absolute atomic E-state index is 0.121. The van der Waals surface area contributed by atoms with Crippen molar-refractivity contribution in [1.82, 2.24) is 0 Å². The van der Waals surface area contributed by atoms with Gasteiger partial charge in [0.25, 0.3) is 0 Å². The van der Waals surface area contributed by atoms with Crippen molar-refractivity contribution in [3.05, 3.63) is 69.9 Å². The minimum Gasteiger partial charge on any atom is -0.416 e. The van der Waals surface area contributed by atoms with E-state index in [0.717, 1.165) is 26.0 Å². The van der Waals surface area contributed by atoms with Crippen LogP contribution in [0.1, 0.15) is 9.67 Å². The molecule has 0 saturated carbocycles. The van der Waals surface area contributed by atoms with Crippen molar-refractivity contribution in [2.45, 2.75) is 4.90 Å². The number of rotatable bonds is 5. The third-order valence-corrected chi connectivity index (χ3v) is 8.34. The summed E-state index contributed by atoms with van der Waals surface area (Å²) in [5.74, 6) is -12.5. The summed E-state index contributed by atoms with van der Waals surface area (Å²) in [6.45, 7) is 0. The van der Waals surface area contributed by atoms with Crippen LogP contribution in [0.3, 0.4) is 0 Å². The molecule has 0 spiro atoms. The van der Waals surface area contributed by atoms with Gasteiger partial charge in [-0.3, -0.25) is 4.55 Å². The average Bonchev–Trinajstić information content (AvgIpc) is 3.48. The maximum absolute atomic E-state index is 14.1. The molecule has 0 aliphatic carbocycles. The monoisotopic (exact) mass is 520 g/mol. The Morgan fingerprint density at radius 1 is 0.812 bits per heavy atom. The van der Waals surface area contributed by atoms with Crippen LogP contribution in [0.25, 0.3) is 19.5 Å². The highest BCUT2D eigenvalue weighted by Crippen LogP contribution is 2.39. The van der Waals surface area contributed by atoms with E-state index in [4.69, 9.17) is 4.55 Å². The lowest BCUT2D eigenvalue weighted by Crippen LogP contribution is -2.15. The zero-order valence-corrected chi connectivity index (χ0v) is 18.5. The number of thiophene rings is 3. The van der Waals surface area contributed by atoms with Crippen molar-refractivity contribution in [3.63, 3.8) is 0 Å². The number of ether oxygens (including phenoxy) is 1. The quantitative estimate of drug-likeness (QED) is 0.111. The van der Waals surface area contributed by atoms with Gasteiger partial charge in [0.15, 0.2) is 16.5 Å². The van der Waals surface area contributed by atoms with Crippen molar-refractivity contribution in [2.24, 2.45) is 0 Å². The molecule has 3 aromatic heterocycles. The molecule has 0 saturated heterocycles. The Kier molecular flexibility index (Phi) is 5.94. The maximum atomic E-state index is 14.1. The molecular weight excluding hydrogens is 512 g/mol. The van der Waals surface area contributed by atoms with Gasteiger partial charge in [0.05, 0.1) is 0 Å². The third-order valence-electron chi connectivity index (χ3n) is 4.06. The molecule has 0 unspecified atom stereocenters. The summed E-state index contributed by atoms with van der Waals surface area (Å²) < 4.78 is 91.2. The fourth-order valence-corrected chi connectivity index (χ4v) is 6.10. The van der Waals surface area contributed by atoms with Gasteiger partial charge in [0.2, 0.25) is 17.4 Å².